The van der Waals surface area contributed by atoms with E-state index in [2.05, 4.69) is 10.6 Å². The van der Waals surface area contributed by atoms with Crippen LogP contribution in [0.5, 0.6) is 0 Å². The average Bonchev–Trinajstić information content (AvgIpc) is 2.71. The van der Waals surface area contributed by atoms with Gasteiger partial charge in [0, 0.05) is 6.54 Å². The van der Waals surface area contributed by atoms with E-state index < -0.39 is 53.9 Å². The van der Waals surface area contributed by atoms with Crippen LogP contribution in [0, 0.1) is 24.4 Å². The maximum Gasteiger partial charge on any atom is 0.401 e. The molecule has 0 aliphatic carbocycles. The van der Waals surface area contributed by atoms with E-state index in [0.29, 0.717) is 5.56 Å². The minimum atomic E-state index is -4.45. The number of aliphatic hydroxyl groups is 1. The van der Waals surface area contributed by atoms with Gasteiger partial charge in [0.1, 0.15) is 11.4 Å². The summed E-state index contributed by atoms with van der Waals surface area (Å²) >= 11 is 0. The highest BCUT2D eigenvalue weighted by Gasteiger charge is 2.44. The molecule has 2 aromatic rings. The molecule has 0 unspecified atom stereocenters. The fourth-order valence-corrected chi connectivity index (χ4v) is 3.23. The SMILES string of the molecule is CC.Cc1ccc(Nc2c(C(=O)N3CC(O)(CNCC(F)(F)F)C3)ccc(F)c2F)c(F)c1. The predicted molar refractivity (Wildman–Crippen MR) is 112 cm³/mol. The van der Waals surface area contributed by atoms with Gasteiger partial charge in [0.05, 0.1) is 36.6 Å². The fourth-order valence-electron chi connectivity index (χ4n) is 3.23. The number of aryl methyl sites for hydroxylation is 1. The van der Waals surface area contributed by atoms with Crippen molar-refractivity contribution >= 4 is 17.3 Å². The molecule has 1 aliphatic heterocycles. The summed E-state index contributed by atoms with van der Waals surface area (Å²) in [6, 6.07) is 5.75. The van der Waals surface area contributed by atoms with E-state index >= 15 is 0 Å². The first-order valence-corrected chi connectivity index (χ1v) is 10.2. The second-order valence-corrected chi connectivity index (χ2v) is 7.50. The van der Waals surface area contributed by atoms with Gasteiger partial charge in [0.25, 0.3) is 5.91 Å². The number of nitrogens with one attached hydrogen (secondary N) is 2. The van der Waals surface area contributed by atoms with Crippen molar-refractivity contribution in [1.82, 2.24) is 10.2 Å². The van der Waals surface area contributed by atoms with Crippen molar-refractivity contribution in [1.29, 1.82) is 0 Å². The third-order valence-electron chi connectivity index (χ3n) is 4.75. The molecule has 182 valence electrons. The first-order valence-electron chi connectivity index (χ1n) is 10.2. The van der Waals surface area contributed by atoms with Gasteiger partial charge in [-0.2, -0.15) is 13.2 Å². The van der Waals surface area contributed by atoms with Gasteiger partial charge in [-0.05, 0) is 36.8 Å². The number of hydrogen-bond donors (Lipinski definition) is 3. The van der Waals surface area contributed by atoms with Crippen LogP contribution in [0.4, 0.5) is 37.7 Å². The predicted octanol–water partition coefficient (Wildman–Crippen LogP) is 4.52. The molecule has 0 aromatic heterocycles. The van der Waals surface area contributed by atoms with Crippen LogP contribution in [0.3, 0.4) is 0 Å². The first kappa shape index (κ1) is 26.5. The quantitative estimate of drug-likeness (QED) is 0.536. The van der Waals surface area contributed by atoms with Crippen LogP contribution in [0.1, 0.15) is 29.8 Å². The molecule has 11 heteroatoms. The number of anilines is 2. The summed E-state index contributed by atoms with van der Waals surface area (Å²) in [4.78, 5) is 13.8. The molecule has 0 atom stereocenters. The number of hydrogen-bond acceptors (Lipinski definition) is 4. The molecule has 1 heterocycles. The van der Waals surface area contributed by atoms with Crippen molar-refractivity contribution < 1.29 is 36.2 Å². The Hall–Kier alpha value is -2.79. The van der Waals surface area contributed by atoms with Crippen molar-refractivity contribution in [2.24, 2.45) is 0 Å². The van der Waals surface area contributed by atoms with Crippen LogP contribution in [-0.4, -0.2) is 53.9 Å². The number of carbonyl (C=O) groups excluding carboxylic acids is 1. The lowest BCUT2D eigenvalue weighted by Gasteiger charge is -2.46. The summed E-state index contributed by atoms with van der Waals surface area (Å²) in [5, 5.41) is 14.7. The van der Waals surface area contributed by atoms with Crippen molar-refractivity contribution in [2.75, 3.05) is 31.5 Å². The minimum Gasteiger partial charge on any atom is -0.385 e. The lowest BCUT2D eigenvalue weighted by Crippen LogP contribution is -2.67. The number of halogens is 6. The van der Waals surface area contributed by atoms with E-state index in [9.17, 15) is 36.2 Å². The number of β-amino-alcohol motifs (C(OH)–C–C–N with tert-alkyl or cyclic N) is 1. The van der Waals surface area contributed by atoms with Gasteiger partial charge in [-0.3, -0.25) is 4.79 Å². The third-order valence-corrected chi connectivity index (χ3v) is 4.75. The number of amides is 1. The molecule has 3 N–H and O–H groups in total. The van der Waals surface area contributed by atoms with Crippen molar-refractivity contribution in [3.05, 3.63) is 58.9 Å². The summed E-state index contributed by atoms with van der Waals surface area (Å²) < 4.78 is 79.0. The zero-order chi connectivity index (χ0) is 25.0. The van der Waals surface area contributed by atoms with Crippen LogP contribution >= 0.6 is 0 Å². The van der Waals surface area contributed by atoms with Crippen molar-refractivity contribution in [3.8, 4) is 0 Å². The number of likely N-dealkylation sites (tertiary alicyclic amines) is 1. The molecule has 0 bridgehead atoms. The van der Waals surface area contributed by atoms with Crippen molar-refractivity contribution in [3.63, 3.8) is 0 Å². The smallest absolute Gasteiger partial charge is 0.385 e. The van der Waals surface area contributed by atoms with Gasteiger partial charge in [0.2, 0.25) is 0 Å². The number of rotatable bonds is 6. The minimum absolute atomic E-state index is 0.180. The molecule has 5 nitrogen and oxygen atoms in total. The molecule has 0 radical (unpaired) electrons. The Morgan fingerprint density at radius 1 is 1.09 bits per heavy atom. The third kappa shape index (κ3) is 6.61. The van der Waals surface area contributed by atoms with Gasteiger partial charge in [-0.1, -0.05) is 19.9 Å². The lowest BCUT2D eigenvalue weighted by atomic mass is 9.92. The number of benzene rings is 2. The number of alkyl halides is 3. The van der Waals surface area contributed by atoms with E-state index in [1.807, 2.05) is 13.8 Å². The molecule has 1 aliphatic rings. The van der Waals surface area contributed by atoms with Gasteiger partial charge in [0.15, 0.2) is 11.6 Å². The molecule has 2 aromatic carbocycles. The molecule has 1 amide bonds. The zero-order valence-electron chi connectivity index (χ0n) is 18.3. The Morgan fingerprint density at radius 3 is 2.30 bits per heavy atom. The maximum absolute atomic E-state index is 14.4. The molecule has 0 saturated carbocycles. The lowest BCUT2D eigenvalue weighted by molar-refractivity contribution is -0.131. The summed E-state index contributed by atoms with van der Waals surface area (Å²) in [6.07, 6.45) is -4.45. The second-order valence-electron chi connectivity index (χ2n) is 7.50. The highest BCUT2D eigenvalue weighted by Crippen LogP contribution is 2.31. The van der Waals surface area contributed by atoms with E-state index in [0.717, 1.165) is 17.0 Å². The molecule has 0 spiro atoms. The Bertz CT molecular complexity index is 991. The molecule has 33 heavy (non-hydrogen) atoms. The average molecular weight is 477 g/mol. The van der Waals surface area contributed by atoms with Crippen LogP contribution in [0.15, 0.2) is 30.3 Å². The summed E-state index contributed by atoms with van der Waals surface area (Å²) in [5.74, 6) is -4.19. The summed E-state index contributed by atoms with van der Waals surface area (Å²) in [5.41, 5.74) is -2.07. The van der Waals surface area contributed by atoms with Crippen LogP contribution in [0.25, 0.3) is 0 Å². The molecular weight excluding hydrogens is 452 g/mol. The van der Waals surface area contributed by atoms with Gasteiger partial charge >= 0.3 is 6.18 Å². The van der Waals surface area contributed by atoms with E-state index in [-0.39, 0.29) is 24.3 Å². The van der Waals surface area contributed by atoms with Gasteiger partial charge in [-0.25, -0.2) is 13.2 Å². The first-order chi connectivity index (χ1) is 15.4. The number of nitrogens with zero attached hydrogens (tertiary/aromatic N) is 1. The van der Waals surface area contributed by atoms with E-state index in [1.165, 1.54) is 18.2 Å². The van der Waals surface area contributed by atoms with Gasteiger partial charge < -0.3 is 20.6 Å². The van der Waals surface area contributed by atoms with E-state index in [1.54, 1.807) is 6.92 Å². The highest BCUT2D eigenvalue weighted by atomic mass is 19.4. The summed E-state index contributed by atoms with van der Waals surface area (Å²) in [6.45, 7) is 3.30. The van der Waals surface area contributed by atoms with Crippen LogP contribution < -0.4 is 10.6 Å². The summed E-state index contributed by atoms with van der Waals surface area (Å²) in [7, 11) is 0. The number of carbonyl (C=O) groups is 1. The van der Waals surface area contributed by atoms with Crippen LogP contribution in [0.2, 0.25) is 0 Å². The Labute approximate surface area is 187 Å². The molecular formula is C22H25F6N3O2. The second kappa shape index (κ2) is 10.4. The largest absolute Gasteiger partial charge is 0.401 e. The Kier molecular flexibility index (Phi) is 8.36. The maximum atomic E-state index is 14.4. The topological polar surface area (TPSA) is 64.6 Å². The molecule has 1 fully saturated rings. The van der Waals surface area contributed by atoms with Crippen LogP contribution in [-0.2, 0) is 0 Å². The van der Waals surface area contributed by atoms with Gasteiger partial charge in [-0.15, -0.1) is 0 Å². The normalized spacial score (nSPS) is 14.8. The Balaban J connectivity index is 0.00000187. The molecule has 1 saturated heterocycles. The zero-order valence-corrected chi connectivity index (χ0v) is 18.3. The standard InChI is InChI=1S/C20H19F6N3O2.C2H6/c1-11-2-5-15(14(22)6-11)28-17-12(3-4-13(21)16(17)23)18(30)29-9-19(31,10-29)7-27-8-20(24,25)26;1-2/h2-6,27-28,31H,7-10H2,1H3;1-2H3. The molecule has 3 rings (SSSR count). The fraction of sp³-hybridized carbons (Fsp3) is 0.409. The monoisotopic (exact) mass is 477 g/mol. The van der Waals surface area contributed by atoms with Crippen molar-refractivity contribution in [2.45, 2.75) is 32.5 Å². The van der Waals surface area contributed by atoms with E-state index in [4.69, 9.17) is 0 Å². The Morgan fingerprint density at radius 2 is 1.73 bits per heavy atom. The highest BCUT2D eigenvalue weighted by molar-refractivity contribution is 6.01.